The third-order valence-electron chi connectivity index (χ3n) is 2.83. The fourth-order valence-corrected chi connectivity index (χ4v) is 1.76. The second kappa shape index (κ2) is 5.88. The van der Waals surface area contributed by atoms with E-state index in [4.69, 9.17) is 0 Å². The van der Waals surface area contributed by atoms with Crippen LogP contribution in [0.25, 0.3) is 5.57 Å². The van der Waals surface area contributed by atoms with E-state index in [1.807, 2.05) is 12.1 Å². The van der Waals surface area contributed by atoms with Gasteiger partial charge in [-0.25, -0.2) is 0 Å². The lowest BCUT2D eigenvalue weighted by Gasteiger charge is -2.07. The molecule has 1 aromatic carbocycles. The molecule has 3 N–H and O–H groups in total. The number of phenols is 3. The number of aldehydes is 1. The molecule has 5 nitrogen and oxygen atoms in total. The molecular weight excluding hydrogens is 258 g/mol. The summed E-state index contributed by atoms with van der Waals surface area (Å²) in [7, 11) is 0. The third kappa shape index (κ3) is 2.77. The average molecular weight is 271 g/mol. The molecule has 0 unspecified atom stereocenters. The van der Waals surface area contributed by atoms with Gasteiger partial charge in [-0.2, -0.15) is 0 Å². The highest BCUT2D eigenvalue weighted by Gasteiger charge is 2.13. The molecule has 0 aliphatic carbocycles. The van der Waals surface area contributed by atoms with Crippen molar-refractivity contribution in [2.45, 2.75) is 6.42 Å². The first kappa shape index (κ1) is 13.6. The van der Waals surface area contributed by atoms with Crippen LogP contribution >= 0.6 is 0 Å². The van der Waals surface area contributed by atoms with Crippen LogP contribution in [-0.4, -0.2) is 26.6 Å². The van der Waals surface area contributed by atoms with Crippen LogP contribution in [0.3, 0.4) is 0 Å². The van der Waals surface area contributed by atoms with E-state index in [1.54, 1.807) is 18.3 Å². The maximum Gasteiger partial charge on any atom is 0.200 e. The highest BCUT2D eigenvalue weighted by Crippen LogP contribution is 2.39. The summed E-state index contributed by atoms with van der Waals surface area (Å²) in [5, 5.41) is 28.5. The normalized spacial score (nSPS) is 11.3. The average Bonchev–Trinajstić information content (AvgIpc) is 2.48. The molecule has 0 aliphatic heterocycles. The fourth-order valence-electron chi connectivity index (χ4n) is 1.76. The number of pyridine rings is 1. The zero-order chi connectivity index (χ0) is 14.5. The molecule has 0 saturated carbocycles. The van der Waals surface area contributed by atoms with Gasteiger partial charge in [0, 0.05) is 29.4 Å². The molecule has 102 valence electrons. The number of aromatic nitrogens is 1. The van der Waals surface area contributed by atoms with Gasteiger partial charge in [0.25, 0.3) is 0 Å². The van der Waals surface area contributed by atoms with Gasteiger partial charge in [-0.1, -0.05) is 12.1 Å². The molecule has 1 heterocycles. The lowest BCUT2D eigenvalue weighted by molar-refractivity contribution is -0.103. The van der Waals surface area contributed by atoms with Crippen molar-refractivity contribution in [3.63, 3.8) is 0 Å². The number of carbonyl (C=O) groups is 1. The van der Waals surface area contributed by atoms with Gasteiger partial charge in [0.15, 0.2) is 11.5 Å². The van der Waals surface area contributed by atoms with Gasteiger partial charge in [0.1, 0.15) is 6.29 Å². The first-order chi connectivity index (χ1) is 9.63. The predicted octanol–water partition coefficient (Wildman–Crippen LogP) is 2.02. The summed E-state index contributed by atoms with van der Waals surface area (Å²) in [6, 6.07) is 8.01. The zero-order valence-corrected chi connectivity index (χ0v) is 10.5. The van der Waals surface area contributed by atoms with Gasteiger partial charge in [0.2, 0.25) is 5.75 Å². The molecule has 0 atom stereocenters. The number of carbonyl (C=O) groups excluding carboxylic acids is 1. The Morgan fingerprint density at radius 2 is 1.90 bits per heavy atom. The van der Waals surface area contributed by atoms with E-state index < -0.39 is 17.2 Å². The number of phenolic OH excluding ortho intramolecular Hbond substituents is 3. The Hall–Kier alpha value is -2.82. The molecule has 2 aromatic rings. The Morgan fingerprint density at radius 1 is 1.10 bits per heavy atom. The SMILES string of the molecule is O=CC(=CCc1ccccn1)c1ccc(O)c(O)c1O. The minimum Gasteiger partial charge on any atom is -0.504 e. The fraction of sp³-hybridized carbons (Fsp3) is 0.0667. The number of rotatable bonds is 4. The number of benzene rings is 1. The number of hydrogen-bond donors (Lipinski definition) is 3. The number of nitrogens with zero attached hydrogens (tertiary/aromatic N) is 1. The van der Waals surface area contributed by atoms with Crippen molar-refractivity contribution in [2.24, 2.45) is 0 Å². The van der Waals surface area contributed by atoms with Crippen molar-refractivity contribution in [2.75, 3.05) is 0 Å². The predicted molar refractivity (Wildman–Crippen MR) is 73.4 cm³/mol. The van der Waals surface area contributed by atoms with Crippen LogP contribution in [-0.2, 0) is 11.2 Å². The van der Waals surface area contributed by atoms with Gasteiger partial charge >= 0.3 is 0 Å². The Morgan fingerprint density at radius 3 is 2.55 bits per heavy atom. The molecule has 0 saturated heterocycles. The van der Waals surface area contributed by atoms with E-state index >= 15 is 0 Å². The van der Waals surface area contributed by atoms with Gasteiger partial charge in [-0.15, -0.1) is 0 Å². The van der Waals surface area contributed by atoms with Gasteiger partial charge in [0.05, 0.1) is 0 Å². The lowest BCUT2D eigenvalue weighted by atomic mass is 10.0. The van der Waals surface area contributed by atoms with Crippen molar-refractivity contribution in [3.8, 4) is 17.2 Å². The Labute approximate surface area is 115 Å². The topological polar surface area (TPSA) is 90.7 Å². The van der Waals surface area contributed by atoms with E-state index in [0.717, 1.165) is 5.69 Å². The molecule has 0 fully saturated rings. The summed E-state index contributed by atoms with van der Waals surface area (Å²) in [5.41, 5.74) is 1.14. The van der Waals surface area contributed by atoms with Crippen LogP contribution in [0, 0.1) is 0 Å². The first-order valence-corrected chi connectivity index (χ1v) is 5.93. The summed E-state index contributed by atoms with van der Waals surface area (Å²) in [4.78, 5) is 15.3. The Bertz CT molecular complexity index is 650. The van der Waals surface area contributed by atoms with Crippen molar-refractivity contribution in [1.82, 2.24) is 4.98 Å². The van der Waals surface area contributed by atoms with Crippen molar-refractivity contribution >= 4 is 11.9 Å². The first-order valence-electron chi connectivity index (χ1n) is 5.93. The molecule has 2 rings (SSSR count). The Balaban J connectivity index is 2.33. The highest BCUT2D eigenvalue weighted by atomic mass is 16.3. The maximum atomic E-state index is 11.1. The minimum atomic E-state index is -0.645. The second-order valence-corrected chi connectivity index (χ2v) is 4.13. The molecule has 0 bridgehead atoms. The van der Waals surface area contributed by atoms with Gasteiger partial charge in [-0.05, 0) is 24.3 Å². The van der Waals surface area contributed by atoms with Gasteiger partial charge < -0.3 is 15.3 Å². The van der Waals surface area contributed by atoms with Crippen LogP contribution in [0.2, 0.25) is 0 Å². The summed E-state index contributed by atoms with van der Waals surface area (Å²) in [6.07, 6.45) is 4.24. The summed E-state index contributed by atoms with van der Waals surface area (Å²) in [6.45, 7) is 0. The Kier molecular flexibility index (Phi) is 4.00. The monoisotopic (exact) mass is 271 g/mol. The van der Waals surface area contributed by atoms with Crippen LogP contribution in [0.5, 0.6) is 17.2 Å². The number of hydrogen-bond acceptors (Lipinski definition) is 5. The van der Waals surface area contributed by atoms with Crippen molar-refractivity contribution < 1.29 is 20.1 Å². The molecule has 5 heteroatoms. The van der Waals surface area contributed by atoms with Gasteiger partial charge in [-0.3, -0.25) is 9.78 Å². The lowest BCUT2D eigenvalue weighted by Crippen LogP contribution is -1.91. The quantitative estimate of drug-likeness (QED) is 0.449. The molecule has 0 radical (unpaired) electrons. The molecule has 1 aromatic heterocycles. The van der Waals surface area contributed by atoms with Crippen LogP contribution < -0.4 is 0 Å². The van der Waals surface area contributed by atoms with E-state index in [2.05, 4.69) is 4.98 Å². The van der Waals surface area contributed by atoms with E-state index in [9.17, 15) is 20.1 Å². The largest absolute Gasteiger partial charge is 0.504 e. The molecule has 0 spiro atoms. The number of aromatic hydroxyl groups is 3. The maximum absolute atomic E-state index is 11.1. The van der Waals surface area contributed by atoms with Crippen molar-refractivity contribution in [1.29, 1.82) is 0 Å². The van der Waals surface area contributed by atoms with E-state index in [1.165, 1.54) is 12.1 Å². The molecule has 20 heavy (non-hydrogen) atoms. The highest BCUT2D eigenvalue weighted by molar-refractivity contribution is 6.08. The van der Waals surface area contributed by atoms with Crippen LogP contribution in [0.4, 0.5) is 0 Å². The molecular formula is C15H13NO4. The number of allylic oxidation sites excluding steroid dienone is 2. The smallest absolute Gasteiger partial charge is 0.200 e. The third-order valence-corrected chi connectivity index (χ3v) is 2.83. The minimum absolute atomic E-state index is 0.159. The second-order valence-electron chi connectivity index (χ2n) is 4.13. The summed E-state index contributed by atoms with van der Waals surface area (Å²) < 4.78 is 0. The standard InChI is InChI=1S/C15H13NO4/c17-9-10(4-5-11-3-1-2-8-16-11)12-6-7-13(18)15(20)14(12)19/h1-4,6-9,18-20H,5H2. The molecule has 0 aliphatic rings. The van der Waals surface area contributed by atoms with Crippen molar-refractivity contribution in [3.05, 3.63) is 53.9 Å². The molecule has 0 amide bonds. The summed E-state index contributed by atoms with van der Waals surface area (Å²) in [5.74, 6) is -1.61. The van der Waals surface area contributed by atoms with Crippen LogP contribution in [0.15, 0.2) is 42.6 Å². The summed E-state index contributed by atoms with van der Waals surface area (Å²) >= 11 is 0. The van der Waals surface area contributed by atoms with E-state index in [0.29, 0.717) is 12.7 Å². The van der Waals surface area contributed by atoms with E-state index in [-0.39, 0.29) is 11.1 Å². The zero-order valence-electron chi connectivity index (χ0n) is 10.5. The van der Waals surface area contributed by atoms with Crippen LogP contribution in [0.1, 0.15) is 11.3 Å².